The molecule has 0 radical (unpaired) electrons. The zero-order valence-corrected chi connectivity index (χ0v) is 19.3. The van der Waals surface area contributed by atoms with Crippen LogP contribution in [0.3, 0.4) is 0 Å². The number of hydrogen-bond acceptors (Lipinski definition) is 2. The lowest BCUT2D eigenvalue weighted by molar-refractivity contribution is -0.122. The fraction of sp³-hybridized carbons (Fsp3) is 0.267. The highest BCUT2D eigenvalue weighted by Crippen LogP contribution is 2.34. The van der Waals surface area contributed by atoms with Gasteiger partial charge in [0.2, 0.25) is 0 Å². The zero-order valence-electron chi connectivity index (χ0n) is 19.3. The number of ketones is 2. The van der Waals surface area contributed by atoms with Gasteiger partial charge in [0.25, 0.3) is 0 Å². The number of rotatable bonds is 5. The molecule has 162 valence electrons. The fourth-order valence-electron chi connectivity index (χ4n) is 4.77. The van der Waals surface area contributed by atoms with E-state index in [0.29, 0.717) is 12.8 Å². The van der Waals surface area contributed by atoms with Crippen LogP contribution in [-0.2, 0) is 22.4 Å². The summed E-state index contributed by atoms with van der Waals surface area (Å²) in [6.07, 6.45) is 13.2. The summed E-state index contributed by atoms with van der Waals surface area (Å²) in [5, 5.41) is 0. The lowest BCUT2D eigenvalue weighted by Crippen LogP contribution is -2.30. The van der Waals surface area contributed by atoms with Gasteiger partial charge < -0.3 is 0 Å². The number of carbonyl (C=O) groups excluding carboxylic acids is 2. The Kier molecular flexibility index (Phi) is 5.73. The summed E-state index contributed by atoms with van der Waals surface area (Å²) in [5.74, 6) is 0.399. The maximum atomic E-state index is 12.6. The van der Waals surface area contributed by atoms with E-state index < -0.39 is 10.8 Å². The van der Waals surface area contributed by atoms with E-state index in [9.17, 15) is 9.59 Å². The maximum Gasteiger partial charge on any atom is 0.168 e. The first-order valence-corrected chi connectivity index (χ1v) is 11.2. The quantitative estimate of drug-likeness (QED) is 0.542. The normalized spacial score (nSPS) is 25.0. The molecule has 0 aromatic heterocycles. The maximum absolute atomic E-state index is 12.6. The minimum atomic E-state index is -0.476. The molecule has 2 aromatic carbocycles. The summed E-state index contributed by atoms with van der Waals surface area (Å²) in [5.41, 5.74) is 5.28. The molecule has 0 aliphatic heterocycles. The van der Waals surface area contributed by atoms with Crippen molar-refractivity contribution in [3.63, 3.8) is 0 Å². The van der Waals surface area contributed by atoms with Gasteiger partial charge in [-0.25, -0.2) is 0 Å². The molecule has 0 spiro atoms. The SMILES string of the molecule is CC1=CC=CC(C)(Cc2ccc(-c3ccc(CC4(C)C=CC=C(C)C4=O)cc3)cc2)C1=O. The van der Waals surface area contributed by atoms with Gasteiger partial charge in [-0.2, -0.15) is 0 Å². The van der Waals surface area contributed by atoms with E-state index in [4.69, 9.17) is 0 Å². The van der Waals surface area contributed by atoms with Gasteiger partial charge in [0, 0.05) is 0 Å². The Bertz CT molecular complexity index is 1080. The Hall–Kier alpha value is -3.26. The molecule has 0 fully saturated rings. The van der Waals surface area contributed by atoms with Gasteiger partial charge in [-0.05, 0) is 73.9 Å². The first kappa shape index (κ1) is 22.0. The van der Waals surface area contributed by atoms with Crippen molar-refractivity contribution in [2.45, 2.75) is 40.5 Å². The molecule has 32 heavy (non-hydrogen) atoms. The first-order chi connectivity index (χ1) is 15.2. The first-order valence-electron chi connectivity index (χ1n) is 11.2. The molecular weight excluding hydrogens is 392 g/mol. The molecule has 0 saturated heterocycles. The van der Waals surface area contributed by atoms with Crippen LogP contribution < -0.4 is 0 Å². The van der Waals surface area contributed by atoms with E-state index >= 15 is 0 Å². The molecule has 2 aromatic rings. The highest BCUT2D eigenvalue weighted by Gasteiger charge is 2.33. The van der Waals surface area contributed by atoms with E-state index in [-0.39, 0.29) is 11.6 Å². The minimum Gasteiger partial charge on any atom is -0.294 e. The summed E-state index contributed by atoms with van der Waals surface area (Å²) < 4.78 is 0. The molecule has 2 unspecified atom stereocenters. The van der Waals surface area contributed by atoms with Crippen LogP contribution in [0.1, 0.15) is 38.8 Å². The van der Waals surface area contributed by atoms with Crippen LogP contribution in [0.2, 0.25) is 0 Å². The van der Waals surface area contributed by atoms with E-state index in [0.717, 1.165) is 33.4 Å². The number of benzene rings is 2. The van der Waals surface area contributed by atoms with Crippen LogP contribution in [-0.4, -0.2) is 11.6 Å². The summed E-state index contributed by atoms with van der Waals surface area (Å²) in [4.78, 5) is 25.3. The molecule has 0 heterocycles. The third-order valence-corrected chi connectivity index (χ3v) is 6.76. The van der Waals surface area contributed by atoms with Crippen LogP contribution in [0, 0.1) is 10.8 Å². The second kappa shape index (κ2) is 8.35. The van der Waals surface area contributed by atoms with Crippen LogP contribution in [0.4, 0.5) is 0 Å². The zero-order chi connectivity index (χ0) is 22.9. The van der Waals surface area contributed by atoms with Gasteiger partial charge in [0.15, 0.2) is 11.6 Å². The van der Waals surface area contributed by atoms with Gasteiger partial charge in [0.05, 0.1) is 10.8 Å². The van der Waals surface area contributed by atoms with E-state index in [1.54, 1.807) is 0 Å². The van der Waals surface area contributed by atoms with Crippen molar-refractivity contribution in [1.82, 2.24) is 0 Å². The van der Waals surface area contributed by atoms with Crippen LogP contribution in [0.15, 0.2) is 96.1 Å². The lowest BCUT2D eigenvalue weighted by Gasteiger charge is -2.27. The highest BCUT2D eigenvalue weighted by atomic mass is 16.1. The molecule has 0 bridgehead atoms. The Morgan fingerprint density at radius 1 is 0.594 bits per heavy atom. The molecule has 2 aliphatic carbocycles. The second-order valence-corrected chi connectivity index (χ2v) is 9.66. The average molecular weight is 423 g/mol. The average Bonchev–Trinajstić information content (AvgIpc) is 2.77. The van der Waals surface area contributed by atoms with Gasteiger partial charge in [-0.15, -0.1) is 0 Å². The molecule has 2 heteroatoms. The minimum absolute atomic E-state index is 0.199. The van der Waals surface area contributed by atoms with Gasteiger partial charge >= 0.3 is 0 Å². The van der Waals surface area contributed by atoms with Crippen molar-refractivity contribution in [2.75, 3.05) is 0 Å². The Morgan fingerprint density at radius 3 is 1.28 bits per heavy atom. The molecule has 2 aliphatic rings. The number of hydrogen-bond donors (Lipinski definition) is 0. The van der Waals surface area contributed by atoms with Crippen molar-refractivity contribution >= 4 is 11.6 Å². The van der Waals surface area contributed by atoms with E-state index in [1.165, 1.54) is 0 Å². The van der Waals surface area contributed by atoms with Crippen molar-refractivity contribution in [2.24, 2.45) is 10.8 Å². The molecule has 2 nitrogen and oxygen atoms in total. The number of allylic oxidation sites excluding steroid dienone is 8. The molecule has 0 amide bonds. The molecule has 0 N–H and O–H groups in total. The van der Waals surface area contributed by atoms with Crippen molar-refractivity contribution in [3.05, 3.63) is 107 Å². The topological polar surface area (TPSA) is 34.1 Å². The summed E-state index contributed by atoms with van der Waals surface area (Å²) in [6, 6.07) is 16.9. The predicted molar refractivity (Wildman–Crippen MR) is 131 cm³/mol. The highest BCUT2D eigenvalue weighted by molar-refractivity contribution is 6.02. The third-order valence-electron chi connectivity index (χ3n) is 6.76. The van der Waals surface area contributed by atoms with Crippen LogP contribution in [0.25, 0.3) is 11.1 Å². The van der Waals surface area contributed by atoms with Crippen molar-refractivity contribution in [3.8, 4) is 11.1 Å². The number of Topliss-reactive ketones (excluding diaryl/α,β-unsaturated/α-hetero) is 2. The van der Waals surface area contributed by atoms with Crippen molar-refractivity contribution in [1.29, 1.82) is 0 Å². The van der Waals surface area contributed by atoms with Gasteiger partial charge in [-0.3, -0.25) is 9.59 Å². The third kappa shape index (κ3) is 4.23. The van der Waals surface area contributed by atoms with E-state index in [1.807, 2.05) is 64.2 Å². The standard InChI is InChI=1S/C30H30O2/c1-21-7-5-17-29(3,27(21)31)19-23-9-13-25(14-10-23)26-15-11-24(12-16-26)20-30(4)18-6-8-22(2)28(30)32/h5-18H,19-20H2,1-4H3. The molecule has 4 rings (SSSR count). The Labute approximate surface area is 191 Å². The summed E-state index contributed by atoms with van der Waals surface area (Å²) >= 11 is 0. The van der Waals surface area contributed by atoms with Crippen LogP contribution >= 0.6 is 0 Å². The van der Waals surface area contributed by atoms with E-state index in [2.05, 4.69) is 48.5 Å². The largest absolute Gasteiger partial charge is 0.294 e. The van der Waals surface area contributed by atoms with Crippen molar-refractivity contribution < 1.29 is 9.59 Å². The fourth-order valence-corrected chi connectivity index (χ4v) is 4.77. The lowest BCUT2D eigenvalue weighted by atomic mass is 9.74. The smallest absolute Gasteiger partial charge is 0.168 e. The molecular formula is C30H30O2. The molecule has 0 saturated carbocycles. The Morgan fingerprint density at radius 2 is 0.938 bits per heavy atom. The predicted octanol–water partition coefficient (Wildman–Crippen LogP) is 6.62. The Balaban J connectivity index is 1.46. The second-order valence-electron chi connectivity index (χ2n) is 9.66. The van der Waals surface area contributed by atoms with Gasteiger partial charge in [-0.1, -0.05) is 85.0 Å². The summed E-state index contributed by atoms with van der Waals surface area (Å²) in [7, 11) is 0. The van der Waals surface area contributed by atoms with Crippen LogP contribution in [0.5, 0.6) is 0 Å². The van der Waals surface area contributed by atoms with Gasteiger partial charge in [0.1, 0.15) is 0 Å². The number of carbonyl (C=O) groups is 2. The monoisotopic (exact) mass is 422 g/mol. The summed E-state index contributed by atoms with van der Waals surface area (Å²) in [6.45, 7) is 7.79. The molecule has 2 atom stereocenters.